The van der Waals surface area contributed by atoms with E-state index < -0.39 is 5.97 Å². The highest BCUT2D eigenvalue weighted by Crippen LogP contribution is 2.35. The van der Waals surface area contributed by atoms with Crippen LogP contribution < -0.4 is 14.8 Å². The van der Waals surface area contributed by atoms with Crippen molar-refractivity contribution in [3.05, 3.63) is 52.0 Å². The van der Waals surface area contributed by atoms with Gasteiger partial charge < -0.3 is 19.9 Å². The number of carboxylic acid groups (broad SMARTS) is 1. The lowest BCUT2D eigenvalue weighted by Crippen LogP contribution is -2.09. The summed E-state index contributed by atoms with van der Waals surface area (Å²) in [4.78, 5) is 10.9. The Labute approximate surface area is 156 Å². The van der Waals surface area contributed by atoms with Gasteiger partial charge in [-0.15, -0.1) is 0 Å². The van der Waals surface area contributed by atoms with Gasteiger partial charge in [-0.1, -0.05) is 15.9 Å². The SMILES string of the molecule is CCOc1cc(CNc2ccc(C(=O)O)cc2)c(Br)cc1OC(C)C. The first-order valence-electron chi connectivity index (χ1n) is 8.09. The van der Waals surface area contributed by atoms with Gasteiger partial charge in [-0.25, -0.2) is 4.79 Å². The van der Waals surface area contributed by atoms with E-state index in [1.807, 2.05) is 32.9 Å². The van der Waals surface area contributed by atoms with Gasteiger partial charge in [0, 0.05) is 16.7 Å². The molecular weight excluding hydrogens is 386 g/mol. The Morgan fingerprint density at radius 3 is 2.44 bits per heavy atom. The third-order valence-corrected chi connectivity index (χ3v) is 4.13. The predicted octanol–water partition coefficient (Wildman–Crippen LogP) is 4.95. The number of halogens is 1. The minimum atomic E-state index is -0.934. The second-order valence-corrected chi connectivity index (χ2v) is 6.58. The number of carboxylic acids is 1. The lowest BCUT2D eigenvalue weighted by atomic mass is 10.1. The van der Waals surface area contributed by atoms with Crippen LogP contribution in [0, 0.1) is 0 Å². The van der Waals surface area contributed by atoms with Crippen molar-refractivity contribution in [1.82, 2.24) is 0 Å². The quantitative estimate of drug-likeness (QED) is 0.647. The number of benzene rings is 2. The van der Waals surface area contributed by atoms with E-state index in [0.717, 1.165) is 15.7 Å². The molecule has 0 heterocycles. The van der Waals surface area contributed by atoms with Gasteiger partial charge in [-0.05, 0) is 62.7 Å². The Hall–Kier alpha value is -2.21. The van der Waals surface area contributed by atoms with Crippen molar-refractivity contribution in [2.75, 3.05) is 11.9 Å². The van der Waals surface area contributed by atoms with Crippen LogP contribution in [-0.4, -0.2) is 23.8 Å². The van der Waals surface area contributed by atoms with E-state index in [1.54, 1.807) is 24.3 Å². The second kappa shape index (κ2) is 8.76. The van der Waals surface area contributed by atoms with Crippen LogP contribution in [0.15, 0.2) is 40.9 Å². The van der Waals surface area contributed by atoms with Crippen molar-refractivity contribution in [2.24, 2.45) is 0 Å². The van der Waals surface area contributed by atoms with Gasteiger partial charge in [-0.3, -0.25) is 0 Å². The van der Waals surface area contributed by atoms with Crippen molar-refractivity contribution in [1.29, 1.82) is 0 Å². The van der Waals surface area contributed by atoms with Gasteiger partial charge in [-0.2, -0.15) is 0 Å². The van der Waals surface area contributed by atoms with E-state index in [1.165, 1.54) is 0 Å². The Balaban J connectivity index is 2.15. The maximum atomic E-state index is 10.9. The largest absolute Gasteiger partial charge is 0.490 e. The fraction of sp³-hybridized carbons (Fsp3) is 0.316. The summed E-state index contributed by atoms with van der Waals surface area (Å²) in [5.74, 6) is 0.479. The molecule has 2 rings (SSSR count). The zero-order valence-corrected chi connectivity index (χ0v) is 16.1. The third kappa shape index (κ3) is 5.39. The molecule has 0 aromatic heterocycles. The zero-order chi connectivity index (χ0) is 18.4. The van der Waals surface area contributed by atoms with E-state index in [4.69, 9.17) is 14.6 Å². The molecule has 0 amide bonds. The number of carbonyl (C=O) groups is 1. The predicted molar refractivity (Wildman–Crippen MR) is 102 cm³/mol. The second-order valence-electron chi connectivity index (χ2n) is 5.73. The molecule has 0 aliphatic carbocycles. The maximum Gasteiger partial charge on any atom is 0.335 e. The summed E-state index contributed by atoms with van der Waals surface area (Å²) in [5.41, 5.74) is 2.12. The number of rotatable bonds is 8. The fourth-order valence-electron chi connectivity index (χ4n) is 2.25. The van der Waals surface area contributed by atoms with E-state index in [2.05, 4.69) is 21.2 Å². The van der Waals surface area contributed by atoms with Gasteiger partial charge in [0.05, 0.1) is 18.3 Å². The normalized spacial score (nSPS) is 10.6. The fourth-order valence-corrected chi connectivity index (χ4v) is 2.72. The molecule has 0 aliphatic heterocycles. The summed E-state index contributed by atoms with van der Waals surface area (Å²) in [6.07, 6.45) is 0.0582. The van der Waals surface area contributed by atoms with Crippen molar-refractivity contribution >= 4 is 27.6 Å². The topological polar surface area (TPSA) is 67.8 Å². The molecule has 0 spiro atoms. The van der Waals surface area contributed by atoms with Gasteiger partial charge in [0.15, 0.2) is 11.5 Å². The maximum absolute atomic E-state index is 10.9. The Bertz CT molecular complexity index is 729. The van der Waals surface area contributed by atoms with Crippen LogP contribution in [0.25, 0.3) is 0 Å². The molecule has 6 heteroatoms. The first kappa shape index (κ1) is 19.1. The van der Waals surface area contributed by atoms with Crippen molar-refractivity contribution < 1.29 is 19.4 Å². The summed E-state index contributed by atoms with van der Waals surface area (Å²) >= 11 is 3.57. The molecule has 0 fully saturated rings. The number of nitrogens with one attached hydrogen (secondary N) is 1. The van der Waals surface area contributed by atoms with Crippen LogP contribution in [0.3, 0.4) is 0 Å². The third-order valence-electron chi connectivity index (χ3n) is 3.39. The minimum Gasteiger partial charge on any atom is -0.490 e. The lowest BCUT2D eigenvalue weighted by molar-refractivity contribution is 0.0697. The van der Waals surface area contributed by atoms with Gasteiger partial charge >= 0.3 is 5.97 Å². The summed E-state index contributed by atoms with van der Waals surface area (Å²) in [6, 6.07) is 10.5. The first-order chi connectivity index (χ1) is 11.9. The van der Waals surface area contributed by atoms with Crippen molar-refractivity contribution in [2.45, 2.75) is 33.4 Å². The summed E-state index contributed by atoms with van der Waals surface area (Å²) < 4.78 is 12.4. The smallest absolute Gasteiger partial charge is 0.335 e. The zero-order valence-electron chi connectivity index (χ0n) is 14.5. The molecule has 0 bridgehead atoms. The summed E-state index contributed by atoms with van der Waals surface area (Å²) in [7, 11) is 0. The number of aromatic carboxylic acids is 1. The molecule has 2 aromatic rings. The van der Waals surface area contributed by atoms with Crippen LogP contribution in [0.5, 0.6) is 11.5 Å². The lowest BCUT2D eigenvalue weighted by Gasteiger charge is -2.17. The molecule has 25 heavy (non-hydrogen) atoms. The van der Waals surface area contributed by atoms with Gasteiger partial charge in [0.2, 0.25) is 0 Å². The van der Waals surface area contributed by atoms with Crippen molar-refractivity contribution in [3.8, 4) is 11.5 Å². The van der Waals surface area contributed by atoms with Crippen LogP contribution in [0.4, 0.5) is 5.69 Å². The molecule has 5 nitrogen and oxygen atoms in total. The average molecular weight is 408 g/mol. The molecule has 2 aromatic carbocycles. The Kier molecular flexibility index (Phi) is 6.70. The first-order valence-corrected chi connectivity index (χ1v) is 8.89. The highest BCUT2D eigenvalue weighted by atomic mass is 79.9. The van der Waals surface area contributed by atoms with E-state index in [-0.39, 0.29) is 11.7 Å². The molecular formula is C19H22BrNO4. The van der Waals surface area contributed by atoms with Crippen LogP contribution in [0.1, 0.15) is 36.7 Å². The van der Waals surface area contributed by atoms with Crippen molar-refractivity contribution in [3.63, 3.8) is 0 Å². The molecule has 134 valence electrons. The average Bonchev–Trinajstić information content (AvgIpc) is 2.56. The van der Waals surface area contributed by atoms with Crippen LogP contribution in [0.2, 0.25) is 0 Å². The number of ether oxygens (including phenoxy) is 2. The van der Waals surface area contributed by atoms with Crippen LogP contribution in [-0.2, 0) is 6.54 Å². The standard InChI is InChI=1S/C19H22BrNO4/c1-4-24-17-9-14(16(20)10-18(17)25-12(2)3)11-21-15-7-5-13(6-8-15)19(22)23/h5-10,12,21H,4,11H2,1-3H3,(H,22,23). The highest BCUT2D eigenvalue weighted by molar-refractivity contribution is 9.10. The number of hydrogen-bond acceptors (Lipinski definition) is 4. The minimum absolute atomic E-state index is 0.0582. The molecule has 0 aliphatic rings. The Morgan fingerprint density at radius 1 is 1.20 bits per heavy atom. The number of hydrogen-bond donors (Lipinski definition) is 2. The van der Waals surface area contributed by atoms with E-state index in [9.17, 15) is 4.79 Å². The highest BCUT2D eigenvalue weighted by Gasteiger charge is 2.12. The number of anilines is 1. The molecule has 0 saturated heterocycles. The summed E-state index contributed by atoms with van der Waals surface area (Å²) in [6.45, 7) is 7.00. The van der Waals surface area contributed by atoms with E-state index >= 15 is 0 Å². The van der Waals surface area contributed by atoms with Gasteiger partial charge in [0.1, 0.15) is 0 Å². The molecule has 0 unspecified atom stereocenters. The molecule has 2 N–H and O–H groups in total. The van der Waals surface area contributed by atoms with E-state index in [0.29, 0.717) is 24.7 Å². The Morgan fingerprint density at radius 2 is 1.88 bits per heavy atom. The molecule has 0 saturated carbocycles. The monoisotopic (exact) mass is 407 g/mol. The molecule has 0 radical (unpaired) electrons. The molecule has 0 atom stereocenters. The van der Waals surface area contributed by atoms with Crippen LogP contribution >= 0.6 is 15.9 Å². The van der Waals surface area contributed by atoms with Gasteiger partial charge in [0.25, 0.3) is 0 Å². The summed E-state index contributed by atoms with van der Waals surface area (Å²) in [5, 5.41) is 12.2.